The molecule has 1 fully saturated rings. The Bertz CT molecular complexity index is 777. The monoisotopic (exact) mass is 294 g/mol. The highest BCUT2D eigenvalue weighted by molar-refractivity contribution is 5.80. The van der Waals surface area contributed by atoms with Crippen molar-refractivity contribution in [2.75, 3.05) is 36.5 Å². The summed E-state index contributed by atoms with van der Waals surface area (Å²) < 4.78 is 5.44. The molecule has 0 unspecified atom stereocenters. The van der Waals surface area contributed by atoms with Gasteiger partial charge in [-0.2, -0.15) is 0 Å². The van der Waals surface area contributed by atoms with E-state index in [9.17, 15) is 0 Å². The minimum absolute atomic E-state index is 0.779. The fraction of sp³-hybridized carbons (Fsp3) is 0.235. The molecule has 1 aliphatic rings. The minimum atomic E-state index is 0.779. The maximum absolute atomic E-state index is 5.44. The van der Waals surface area contributed by atoms with Gasteiger partial charge in [-0.15, -0.1) is 0 Å². The Morgan fingerprint density at radius 1 is 1.05 bits per heavy atom. The van der Waals surface area contributed by atoms with Gasteiger partial charge in [0.15, 0.2) is 0 Å². The molecule has 0 aliphatic carbocycles. The summed E-state index contributed by atoms with van der Waals surface area (Å²) in [7, 11) is 0. The van der Waals surface area contributed by atoms with Crippen LogP contribution >= 0.6 is 0 Å². The first-order valence-corrected chi connectivity index (χ1v) is 7.53. The first kappa shape index (κ1) is 13.2. The average molecular weight is 294 g/mol. The largest absolute Gasteiger partial charge is 0.378 e. The third-order valence-electron chi connectivity index (χ3n) is 3.93. The number of nitrogens with zero attached hydrogens (tertiary/aromatic N) is 2. The molecule has 2 aromatic heterocycles. The van der Waals surface area contributed by atoms with E-state index in [1.807, 2.05) is 24.4 Å². The first-order chi connectivity index (χ1) is 10.9. The molecule has 112 valence electrons. The number of rotatable bonds is 3. The number of hydrogen-bond acceptors (Lipinski definition) is 4. The van der Waals surface area contributed by atoms with Crippen LogP contribution in [0, 0.1) is 0 Å². The normalized spacial score (nSPS) is 15.2. The molecule has 3 heterocycles. The molecule has 22 heavy (non-hydrogen) atoms. The molecule has 0 amide bonds. The van der Waals surface area contributed by atoms with E-state index in [2.05, 4.69) is 44.5 Å². The van der Waals surface area contributed by atoms with Crippen LogP contribution in [0.15, 0.2) is 48.7 Å². The Balaban J connectivity index is 1.64. The van der Waals surface area contributed by atoms with Crippen molar-refractivity contribution in [1.29, 1.82) is 0 Å². The van der Waals surface area contributed by atoms with Gasteiger partial charge in [0.25, 0.3) is 0 Å². The van der Waals surface area contributed by atoms with E-state index in [1.165, 1.54) is 5.69 Å². The van der Waals surface area contributed by atoms with E-state index >= 15 is 0 Å². The fourth-order valence-electron chi connectivity index (χ4n) is 2.80. The Labute approximate surface area is 128 Å². The van der Waals surface area contributed by atoms with Crippen molar-refractivity contribution in [2.24, 2.45) is 0 Å². The van der Waals surface area contributed by atoms with E-state index in [-0.39, 0.29) is 0 Å². The van der Waals surface area contributed by atoms with E-state index in [1.54, 1.807) is 0 Å². The Hall–Kier alpha value is -2.53. The van der Waals surface area contributed by atoms with Gasteiger partial charge in [-0.05, 0) is 30.3 Å². The van der Waals surface area contributed by atoms with E-state index in [0.29, 0.717) is 0 Å². The maximum atomic E-state index is 5.44. The highest BCUT2D eigenvalue weighted by atomic mass is 16.5. The quantitative estimate of drug-likeness (QED) is 0.779. The molecule has 3 aromatic rings. The lowest BCUT2D eigenvalue weighted by atomic mass is 10.2. The van der Waals surface area contributed by atoms with Crippen molar-refractivity contribution in [3.63, 3.8) is 0 Å². The molecule has 0 bridgehead atoms. The molecule has 1 aliphatic heterocycles. The third kappa shape index (κ3) is 2.51. The zero-order valence-corrected chi connectivity index (χ0v) is 12.2. The standard InChI is InChI=1S/C17H18N4O/c1-2-4-15(21-9-11-22-12-10-21)14(3-1)19-16-6-5-13-7-8-18-17(13)20-16/h1-8H,9-12H2,(H2,18,19,20). The minimum Gasteiger partial charge on any atom is -0.378 e. The van der Waals surface area contributed by atoms with Crippen molar-refractivity contribution >= 4 is 28.2 Å². The summed E-state index contributed by atoms with van der Waals surface area (Å²) in [6, 6.07) is 14.4. The van der Waals surface area contributed by atoms with Crippen LogP contribution < -0.4 is 10.2 Å². The second-order valence-corrected chi connectivity index (χ2v) is 5.35. The molecule has 0 saturated carbocycles. The number of ether oxygens (including phenoxy) is 1. The van der Waals surface area contributed by atoms with Crippen molar-refractivity contribution < 1.29 is 4.74 Å². The van der Waals surface area contributed by atoms with Crippen LogP contribution in [0.1, 0.15) is 0 Å². The second-order valence-electron chi connectivity index (χ2n) is 5.35. The predicted molar refractivity (Wildman–Crippen MR) is 88.9 cm³/mol. The number of anilines is 3. The Morgan fingerprint density at radius 2 is 1.91 bits per heavy atom. The van der Waals surface area contributed by atoms with Crippen molar-refractivity contribution in [3.05, 3.63) is 48.7 Å². The predicted octanol–water partition coefficient (Wildman–Crippen LogP) is 3.14. The van der Waals surface area contributed by atoms with Gasteiger partial charge in [-0.1, -0.05) is 12.1 Å². The average Bonchev–Trinajstić information content (AvgIpc) is 3.04. The van der Waals surface area contributed by atoms with Crippen LogP contribution in [0.5, 0.6) is 0 Å². The number of fused-ring (bicyclic) bond motifs is 1. The SMILES string of the molecule is c1ccc(N2CCOCC2)c(Nc2ccc3cc[nH]c3n2)c1. The van der Waals surface area contributed by atoms with Crippen LogP contribution in [0.25, 0.3) is 11.0 Å². The summed E-state index contributed by atoms with van der Waals surface area (Å²) in [5.41, 5.74) is 3.16. The van der Waals surface area contributed by atoms with Crippen LogP contribution in [0.3, 0.4) is 0 Å². The van der Waals surface area contributed by atoms with Gasteiger partial charge >= 0.3 is 0 Å². The Morgan fingerprint density at radius 3 is 2.82 bits per heavy atom. The summed E-state index contributed by atoms with van der Waals surface area (Å²) >= 11 is 0. The number of benzene rings is 1. The zero-order chi connectivity index (χ0) is 14.8. The fourth-order valence-corrected chi connectivity index (χ4v) is 2.80. The molecular formula is C17H18N4O. The van der Waals surface area contributed by atoms with E-state index in [4.69, 9.17) is 4.74 Å². The number of aromatic amines is 1. The summed E-state index contributed by atoms with van der Waals surface area (Å²) in [4.78, 5) is 10.1. The molecule has 2 N–H and O–H groups in total. The lowest BCUT2D eigenvalue weighted by molar-refractivity contribution is 0.123. The zero-order valence-electron chi connectivity index (χ0n) is 12.2. The third-order valence-corrected chi connectivity index (χ3v) is 3.93. The van der Waals surface area contributed by atoms with Gasteiger partial charge in [-0.25, -0.2) is 4.98 Å². The number of H-pyrrole nitrogens is 1. The number of nitrogens with one attached hydrogen (secondary N) is 2. The van der Waals surface area contributed by atoms with Crippen LogP contribution in [0.4, 0.5) is 17.2 Å². The lowest BCUT2D eigenvalue weighted by Gasteiger charge is -2.30. The van der Waals surface area contributed by atoms with E-state index in [0.717, 1.165) is 48.8 Å². The molecule has 1 aromatic carbocycles. The van der Waals surface area contributed by atoms with Gasteiger partial charge in [0.2, 0.25) is 0 Å². The Kier molecular flexibility index (Phi) is 3.40. The molecular weight excluding hydrogens is 276 g/mol. The van der Waals surface area contributed by atoms with Crippen molar-refractivity contribution in [2.45, 2.75) is 0 Å². The van der Waals surface area contributed by atoms with Gasteiger partial charge in [0, 0.05) is 24.7 Å². The summed E-state index contributed by atoms with van der Waals surface area (Å²) in [6.07, 6.45) is 1.91. The molecule has 0 spiro atoms. The van der Waals surface area contributed by atoms with Crippen LogP contribution in [-0.2, 0) is 4.74 Å². The number of para-hydroxylation sites is 2. The molecule has 1 saturated heterocycles. The maximum Gasteiger partial charge on any atom is 0.139 e. The summed E-state index contributed by atoms with van der Waals surface area (Å²) in [5, 5.41) is 4.56. The van der Waals surface area contributed by atoms with E-state index < -0.39 is 0 Å². The summed E-state index contributed by atoms with van der Waals surface area (Å²) in [6.45, 7) is 3.39. The van der Waals surface area contributed by atoms with Gasteiger partial charge in [0.1, 0.15) is 11.5 Å². The van der Waals surface area contributed by atoms with Gasteiger partial charge in [0.05, 0.1) is 24.6 Å². The molecule has 5 heteroatoms. The highest BCUT2D eigenvalue weighted by Gasteiger charge is 2.14. The van der Waals surface area contributed by atoms with Crippen LogP contribution in [-0.4, -0.2) is 36.3 Å². The lowest BCUT2D eigenvalue weighted by Crippen LogP contribution is -2.36. The molecule has 5 nitrogen and oxygen atoms in total. The number of pyridine rings is 1. The molecule has 4 rings (SSSR count). The second kappa shape index (κ2) is 5.69. The topological polar surface area (TPSA) is 53.2 Å². The number of morpholine rings is 1. The van der Waals surface area contributed by atoms with Crippen molar-refractivity contribution in [3.8, 4) is 0 Å². The summed E-state index contributed by atoms with van der Waals surface area (Å²) in [5.74, 6) is 0.843. The van der Waals surface area contributed by atoms with Crippen LogP contribution in [0.2, 0.25) is 0 Å². The smallest absolute Gasteiger partial charge is 0.139 e. The van der Waals surface area contributed by atoms with Gasteiger partial charge < -0.3 is 19.9 Å². The number of aromatic nitrogens is 2. The first-order valence-electron chi connectivity index (χ1n) is 7.53. The molecule has 0 atom stereocenters. The van der Waals surface area contributed by atoms with Crippen molar-refractivity contribution in [1.82, 2.24) is 9.97 Å². The number of hydrogen-bond donors (Lipinski definition) is 2. The molecule has 0 radical (unpaired) electrons. The highest BCUT2D eigenvalue weighted by Crippen LogP contribution is 2.29. The van der Waals surface area contributed by atoms with Gasteiger partial charge in [-0.3, -0.25) is 0 Å².